The molecule has 0 aliphatic rings. The number of halogens is 2. The van der Waals surface area contributed by atoms with Crippen molar-refractivity contribution >= 4 is 34.9 Å². The van der Waals surface area contributed by atoms with E-state index in [0.717, 1.165) is 0 Å². The summed E-state index contributed by atoms with van der Waals surface area (Å²) in [4.78, 5) is 25.7. The Morgan fingerprint density at radius 1 is 1.33 bits per heavy atom. The van der Waals surface area contributed by atoms with Gasteiger partial charge in [-0.25, -0.2) is 9.78 Å². The van der Waals surface area contributed by atoms with Crippen LogP contribution in [0, 0.1) is 10.1 Å². The Kier molecular flexibility index (Phi) is 4.72. The van der Waals surface area contributed by atoms with Crippen molar-refractivity contribution < 1.29 is 14.5 Å². The molecule has 108 valence electrons. The molecule has 1 heterocycles. The van der Waals surface area contributed by atoms with Gasteiger partial charge < -0.3 is 4.74 Å². The summed E-state index contributed by atoms with van der Waals surface area (Å²) in [5, 5.41) is 10.9. The van der Waals surface area contributed by atoms with Crippen LogP contribution in [-0.2, 0) is 11.3 Å². The summed E-state index contributed by atoms with van der Waals surface area (Å²) in [6.45, 7) is -0.0965. The average Bonchev–Trinajstić information content (AvgIpc) is 2.48. The number of esters is 1. The highest BCUT2D eigenvalue weighted by molar-refractivity contribution is 6.41. The quantitative estimate of drug-likeness (QED) is 0.370. The smallest absolute Gasteiger partial charge is 0.340 e. The number of rotatable bonds is 4. The molecule has 0 aliphatic heterocycles. The molecule has 0 radical (unpaired) electrons. The highest BCUT2D eigenvalue weighted by Gasteiger charge is 2.12. The van der Waals surface area contributed by atoms with E-state index >= 15 is 0 Å². The maximum absolute atomic E-state index is 11.8. The van der Waals surface area contributed by atoms with Gasteiger partial charge in [-0.3, -0.25) is 10.1 Å². The van der Waals surface area contributed by atoms with E-state index in [1.54, 1.807) is 6.07 Å². The maximum atomic E-state index is 11.8. The van der Waals surface area contributed by atoms with Gasteiger partial charge in [-0.1, -0.05) is 35.3 Å². The van der Waals surface area contributed by atoms with E-state index in [2.05, 4.69) is 4.98 Å². The van der Waals surface area contributed by atoms with Crippen molar-refractivity contribution in [3.8, 4) is 0 Å². The highest BCUT2D eigenvalue weighted by atomic mass is 35.5. The van der Waals surface area contributed by atoms with Crippen LogP contribution in [0.4, 0.5) is 5.69 Å². The molecule has 0 saturated carbocycles. The Balaban J connectivity index is 2.05. The summed E-state index contributed by atoms with van der Waals surface area (Å²) < 4.78 is 5.04. The fourth-order valence-electron chi connectivity index (χ4n) is 1.52. The van der Waals surface area contributed by atoms with Gasteiger partial charge in [0.1, 0.15) is 11.8 Å². The van der Waals surface area contributed by atoms with E-state index in [4.69, 9.17) is 27.9 Å². The second-order valence-corrected chi connectivity index (χ2v) is 4.76. The summed E-state index contributed by atoms with van der Waals surface area (Å²) in [7, 11) is 0. The normalized spacial score (nSPS) is 10.2. The van der Waals surface area contributed by atoms with Gasteiger partial charge in [0.05, 0.1) is 15.5 Å². The minimum atomic E-state index is -0.646. The molecule has 8 heteroatoms. The monoisotopic (exact) mass is 326 g/mol. The first kappa shape index (κ1) is 15.2. The molecule has 21 heavy (non-hydrogen) atoms. The van der Waals surface area contributed by atoms with Crippen molar-refractivity contribution in [2.75, 3.05) is 0 Å². The van der Waals surface area contributed by atoms with Gasteiger partial charge in [-0.15, -0.1) is 0 Å². The van der Waals surface area contributed by atoms with Gasteiger partial charge in [-0.05, 0) is 11.6 Å². The third kappa shape index (κ3) is 3.90. The number of aromatic nitrogens is 1. The number of nitrogens with zero attached hydrogens (tertiary/aromatic N) is 2. The first-order valence-corrected chi connectivity index (χ1v) is 6.44. The number of carbonyl (C=O) groups excluding carboxylic acids is 1. The van der Waals surface area contributed by atoms with Crippen LogP contribution in [0.1, 0.15) is 15.9 Å². The van der Waals surface area contributed by atoms with Gasteiger partial charge in [0.25, 0.3) is 5.69 Å². The molecular weight excluding hydrogens is 319 g/mol. The summed E-state index contributed by atoms with van der Waals surface area (Å²) in [5.74, 6) is -0.646. The number of benzene rings is 1. The summed E-state index contributed by atoms with van der Waals surface area (Å²) in [6, 6.07) is 7.16. The molecule has 0 N–H and O–H groups in total. The van der Waals surface area contributed by atoms with Crippen molar-refractivity contribution in [2.45, 2.75) is 6.61 Å². The Morgan fingerprint density at radius 3 is 2.76 bits per heavy atom. The van der Waals surface area contributed by atoms with E-state index in [1.165, 1.54) is 30.5 Å². The van der Waals surface area contributed by atoms with Gasteiger partial charge in [-0.2, -0.15) is 0 Å². The predicted octanol–water partition coefficient (Wildman–Crippen LogP) is 3.65. The van der Waals surface area contributed by atoms with E-state index < -0.39 is 10.9 Å². The first-order chi connectivity index (χ1) is 9.97. The zero-order valence-electron chi connectivity index (χ0n) is 10.5. The first-order valence-electron chi connectivity index (χ1n) is 5.69. The lowest BCUT2D eigenvalue weighted by Gasteiger charge is -2.05. The number of nitro benzene ring substituents is 1. The van der Waals surface area contributed by atoms with Crippen molar-refractivity contribution in [1.82, 2.24) is 4.98 Å². The van der Waals surface area contributed by atoms with Gasteiger partial charge in [0.2, 0.25) is 0 Å². The zero-order valence-corrected chi connectivity index (χ0v) is 12.0. The van der Waals surface area contributed by atoms with Crippen molar-refractivity contribution in [3.63, 3.8) is 0 Å². The Hall–Kier alpha value is -2.18. The lowest BCUT2D eigenvalue weighted by molar-refractivity contribution is -0.384. The number of ether oxygens (including phenoxy) is 1. The van der Waals surface area contributed by atoms with Crippen molar-refractivity contribution in [3.05, 3.63) is 67.9 Å². The molecule has 0 fully saturated rings. The van der Waals surface area contributed by atoms with Crippen LogP contribution in [-0.4, -0.2) is 15.9 Å². The molecule has 2 rings (SSSR count). The third-order valence-electron chi connectivity index (χ3n) is 2.52. The molecule has 0 aliphatic carbocycles. The molecule has 1 aromatic carbocycles. The number of pyridine rings is 1. The predicted molar refractivity (Wildman–Crippen MR) is 76.5 cm³/mol. The highest BCUT2D eigenvalue weighted by Crippen LogP contribution is 2.20. The Morgan fingerprint density at radius 2 is 2.10 bits per heavy atom. The molecule has 0 unspecified atom stereocenters. The Bertz CT molecular complexity index is 706. The minimum Gasteiger partial charge on any atom is -0.457 e. The molecule has 0 spiro atoms. The van der Waals surface area contributed by atoms with Crippen LogP contribution in [0.2, 0.25) is 10.2 Å². The van der Waals surface area contributed by atoms with E-state index in [9.17, 15) is 14.9 Å². The number of hydrogen-bond acceptors (Lipinski definition) is 5. The number of non-ortho nitro benzene ring substituents is 1. The van der Waals surface area contributed by atoms with Gasteiger partial charge in [0.15, 0.2) is 0 Å². The Labute approximate surface area is 129 Å². The lowest BCUT2D eigenvalue weighted by Crippen LogP contribution is -2.06. The second kappa shape index (κ2) is 6.51. The second-order valence-electron chi connectivity index (χ2n) is 4.00. The number of carbonyl (C=O) groups is 1. The lowest BCUT2D eigenvalue weighted by atomic mass is 10.2. The fourth-order valence-corrected chi connectivity index (χ4v) is 1.79. The SMILES string of the molecule is O=C(OCc1cccc([N+](=O)[O-])c1)c1cnc(Cl)c(Cl)c1. The molecule has 0 amide bonds. The largest absolute Gasteiger partial charge is 0.457 e. The molecule has 1 aromatic heterocycles. The minimum absolute atomic E-state index is 0.0697. The van der Waals surface area contributed by atoms with E-state index in [1.807, 2.05) is 0 Å². The van der Waals surface area contributed by atoms with Gasteiger partial charge >= 0.3 is 5.97 Å². The molecule has 2 aromatic rings. The maximum Gasteiger partial charge on any atom is 0.340 e. The summed E-state index contributed by atoms with van der Waals surface area (Å²) in [5.41, 5.74) is 0.583. The van der Waals surface area contributed by atoms with E-state index in [0.29, 0.717) is 5.56 Å². The van der Waals surface area contributed by atoms with Crippen LogP contribution >= 0.6 is 23.2 Å². The standard InChI is InChI=1S/C13H8Cl2N2O4/c14-11-5-9(6-16-12(11)15)13(18)21-7-8-2-1-3-10(4-8)17(19)20/h1-6H,7H2. The van der Waals surface area contributed by atoms with Gasteiger partial charge in [0, 0.05) is 18.3 Å². The number of nitro groups is 1. The zero-order chi connectivity index (χ0) is 15.4. The van der Waals surface area contributed by atoms with Crippen LogP contribution < -0.4 is 0 Å². The molecule has 6 nitrogen and oxygen atoms in total. The number of hydrogen-bond donors (Lipinski definition) is 0. The van der Waals surface area contributed by atoms with E-state index in [-0.39, 0.29) is 28.0 Å². The van der Waals surface area contributed by atoms with Crippen molar-refractivity contribution in [2.24, 2.45) is 0 Å². The van der Waals surface area contributed by atoms with Crippen LogP contribution in [0.25, 0.3) is 0 Å². The van der Waals surface area contributed by atoms with Crippen LogP contribution in [0.3, 0.4) is 0 Å². The third-order valence-corrected chi connectivity index (χ3v) is 3.21. The molecular formula is C13H8Cl2N2O4. The van der Waals surface area contributed by atoms with Crippen molar-refractivity contribution in [1.29, 1.82) is 0 Å². The summed E-state index contributed by atoms with van der Waals surface area (Å²) >= 11 is 11.4. The molecule has 0 bridgehead atoms. The summed E-state index contributed by atoms with van der Waals surface area (Å²) in [6.07, 6.45) is 1.24. The fraction of sp³-hybridized carbons (Fsp3) is 0.0769. The molecule has 0 saturated heterocycles. The average molecular weight is 327 g/mol. The van der Waals surface area contributed by atoms with Crippen LogP contribution in [0.5, 0.6) is 0 Å². The molecule has 0 atom stereocenters. The van der Waals surface area contributed by atoms with Crippen LogP contribution in [0.15, 0.2) is 36.5 Å². The topological polar surface area (TPSA) is 82.3 Å².